The number of nitrogen functional groups attached to an aromatic ring is 1. The lowest BCUT2D eigenvalue weighted by atomic mass is 10.1. The molecule has 0 radical (unpaired) electrons. The average Bonchev–Trinajstić information content (AvgIpc) is 2.38. The van der Waals surface area contributed by atoms with E-state index in [2.05, 4.69) is 16.8 Å². The van der Waals surface area contributed by atoms with Crippen LogP contribution in [0.25, 0.3) is 0 Å². The van der Waals surface area contributed by atoms with E-state index in [4.69, 9.17) is 15.9 Å². The number of nitrogens with two attached hydrogens (primary N) is 1. The van der Waals surface area contributed by atoms with Crippen LogP contribution >= 0.6 is 0 Å². The number of nitrogens with zero attached hydrogens (tertiary/aromatic N) is 2. The monoisotopic (exact) mass is 248 g/mol. The van der Waals surface area contributed by atoms with Gasteiger partial charge in [0.2, 0.25) is 0 Å². The predicted octanol–water partition coefficient (Wildman–Crippen LogP) is 1.29. The van der Waals surface area contributed by atoms with E-state index in [0.29, 0.717) is 24.8 Å². The van der Waals surface area contributed by atoms with Gasteiger partial charge in [-0.3, -0.25) is 5.41 Å². The second-order valence-electron chi connectivity index (χ2n) is 4.57. The number of amidine groups is 1. The molecule has 1 unspecified atom stereocenters. The first-order valence-corrected chi connectivity index (χ1v) is 6.30. The Morgan fingerprint density at radius 2 is 2.39 bits per heavy atom. The lowest BCUT2D eigenvalue weighted by molar-refractivity contribution is 0.0925. The summed E-state index contributed by atoms with van der Waals surface area (Å²) in [4.78, 5) is 6.78. The molecule has 2 rings (SSSR count). The third kappa shape index (κ3) is 2.46. The maximum absolute atomic E-state index is 7.67. The van der Waals surface area contributed by atoms with Crippen LogP contribution in [0.3, 0.4) is 0 Å². The highest BCUT2D eigenvalue weighted by molar-refractivity contribution is 5.99. The van der Waals surface area contributed by atoms with Gasteiger partial charge < -0.3 is 15.4 Å². The van der Waals surface area contributed by atoms with Gasteiger partial charge in [-0.05, 0) is 25.5 Å². The van der Waals surface area contributed by atoms with Gasteiger partial charge in [-0.1, -0.05) is 6.92 Å². The summed E-state index contributed by atoms with van der Waals surface area (Å²) in [6.07, 6.45) is 0.993. The summed E-state index contributed by atoms with van der Waals surface area (Å²) in [6.45, 7) is 6.30. The summed E-state index contributed by atoms with van der Waals surface area (Å²) in [6, 6.07) is 4.08. The predicted molar refractivity (Wildman–Crippen MR) is 72.2 cm³/mol. The number of aromatic nitrogens is 1. The number of ether oxygens (including phenoxy) is 1. The molecule has 3 N–H and O–H groups in total. The molecule has 0 bridgehead atoms. The highest BCUT2D eigenvalue weighted by Crippen LogP contribution is 2.23. The van der Waals surface area contributed by atoms with Gasteiger partial charge in [0.05, 0.1) is 24.8 Å². The number of hydrogen-bond acceptors (Lipinski definition) is 4. The van der Waals surface area contributed by atoms with Gasteiger partial charge in [0, 0.05) is 12.2 Å². The van der Waals surface area contributed by atoms with Gasteiger partial charge in [0.25, 0.3) is 0 Å². The van der Waals surface area contributed by atoms with Gasteiger partial charge in [-0.2, -0.15) is 0 Å². The second kappa shape index (κ2) is 5.35. The Balaban J connectivity index is 2.41. The van der Waals surface area contributed by atoms with Crippen molar-refractivity contribution in [1.29, 1.82) is 5.41 Å². The number of morpholine rings is 1. The van der Waals surface area contributed by atoms with Crippen molar-refractivity contribution in [3.8, 4) is 0 Å². The van der Waals surface area contributed by atoms with Gasteiger partial charge in [-0.25, -0.2) is 4.98 Å². The number of aryl methyl sites for hydroxylation is 1. The normalized spacial score (nSPS) is 19.9. The van der Waals surface area contributed by atoms with E-state index in [-0.39, 0.29) is 5.84 Å². The van der Waals surface area contributed by atoms with Crippen LogP contribution in [-0.2, 0) is 4.74 Å². The van der Waals surface area contributed by atoms with Crippen molar-refractivity contribution in [2.75, 3.05) is 24.7 Å². The van der Waals surface area contributed by atoms with Crippen LogP contribution in [0.2, 0.25) is 0 Å². The molecule has 0 amide bonds. The van der Waals surface area contributed by atoms with Crippen molar-refractivity contribution >= 4 is 11.7 Å². The molecule has 0 spiro atoms. The van der Waals surface area contributed by atoms with Crippen LogP contribution in [0.4, 0.5) is 5.82 Å². The summed E-state index contributed by atoms with van der Waals surface area (Å²) < 4.78 is 5.50. The molecule has 1 aromatic heterocycles. The Labute approximate surface area is 107 Å². The molecule has 1 aliphatic rings. The van der Waals surface area contributed by atoms with Crippen LogP contribution in [0, 0.1) is 12.3 Å². The van der Waals surface area contributed by atoms with Gasteiger partial charge in [-0.15, -0.1) is 0 Å². The second-order valence-corrected chi connectivity index (χ2v) is 4.57. The highest BCUT2D eigenvalue weighted by atomic mass is 16.5. The molecule has 1 fully saturated rings. The van der Waals surface area contributed by atoms with Crippen LogP contribution in [0.15, 0.2) is 12.1 Å². The first-order chi connectivity index (χ1) is 8.63. The van der Waals surface area contributed by atoms with Crippen molar-refractivity contribution in [3.05, 3.63) is 23.4 Å². The third-order valence-electron chi connectivity index (χ3n) is 3.28. The summed E-state index contributed by atoms with van der Waals surface area (Å²) in [5.41, 5.74) is 7.29. The fraction of sp³-hybridized carbons (Fsp3) is 0.538. The number of pyridine rings is 1. The number of nitrogens with one attached hydrogen (secondary N) is 1. The zero-order valence-corrected chi connectivity index (χ0v) is 10.9. The number of hydrogen-bond donors (Lipinski definition) is 2. The largest absolute Gasteiger partial charge is 0.384 e. The Kier molecular flexibility index (Phi) is 3.81. The van der Waals surface area contributed by atoms with Crippen molar-refractivity contribution in [2.24, 2.45) is 5.73 Å². The molecule has 1 aliphatic heterocycles. The molecule has 5 nitrogen and oxygen atoms in total. The zero-order valence-electron chi connectivity index (χ0n) is 10.9. The molecule has 0 aliphatic carbocycles. The molecule has 0 aromatic carbocycles. The molecule has 18 heavy (non-hydrogen) atoms. The van der Waals surface area contributed by atoms with E-state index >= 15 is 0 Å². The molecule has 1 saturated heterocycles. The Bertz CT molecular complexity index is 447. The quantitative estimate of drug-likeness (QED) is 0.624. The smallest absolute Gasteiger partial charge is 0.140 e. The molecule has 5 heteroatoms. The average molecular weight is 248 g/mol. The SMILES string of the molecule is CCC1COCCN1c1nc(C)ccc1C(=N)N. The Morgan fingerprint density at radius 1 is 1.61 bits per heavy atom. The lowest BCUT2D eigenvalue weighted by Gasteiger charge is -2.37. The topological polar surface area (TPSA) is 75.2 Å². The van der Waals surface area contributed by atoms with E-state index in [1.807, 2.05) is 19.1 Å². The number of anilines is 1. The first kappa shape index (κ1) is 12.8. The molecule has 1 atom stereocenters. The Hall–Kier alpha value is -1.62. The zero-order chi connectivity index (χ0) is 13.1. The molecular formula is C13H20N4O. The molecule has 98 valence electrons. The van der Waals surface area contributed by atoms with Crippen molar-refractivity contribution in [1.82, 2.24) is 4.98 Å². The molecular weight excluding hydrogens is 228 g/mol. The lowest BCUT2D eigenvalue weighted by Crippen LogP contribution is -2.46. The van der Waals surface area contributed by atoms with E-state index in [9.17, 15) is 0 Å². The Morgan fingerprint density at radius 3 is 3.06 bits per heavy atom. The standard InChI is InChI=1S/C13H20N4O/c1-3-10-8-18-7-6-17(10)13-11(12(14)15)5-4-9(2)16-13/h4-5,10H,3,6-8H2,1-2H3,(H3,14,15). The maximum Gasteiger partial charge on any atom is 0.140 e. The highest BCUT2D eigenvalue weighted by Gasteiger charge is 2.25. The van der Waals surface area contributed by atoms with Crippen molar-refractivity contribution in [3.63, 3.8) is 0 Å². The molecule has 2 heterocycles. The minimum absolute atomic E-state index is 0.0684. The molecule has 0 saturated carbocycles. The third-order valence-corrected chi connectivity index (χ3v) is 3.28. The van der Waals surface area contributed by atoms with Crippen LogP contribution in [0.5, 0.6) is 0 Å². The summed E-state index contributed by atoms with van der Waals surface area (Å²) in [7, 11) is 0. The number of rotatable bonds is 3. The minimum atomic E-state index is 0.0684. The van der Waals surface area contributed by atoms with E-state index < -0.39 is 0 Å². The summed E-state index contributed by atoms with van der Waals surface area (Å²) >= 11 is 0. The van der Waals surface area contributed by atoms with E-state index in [1.165, 1.54) is 0 Å². The minimum Gasteiger partial charge on any atom is -0.384 e. The van der Waals surface area contributed by atoms with E-state index in [1.54, 1.807) is 0 Å². The van der Waals surface area contributed by atoms with Crippen LogP contribution in [0.1, 0.15) is 24.6 Å². The fourth-order valence-electron chi connectivity index (χ4n) is 2.24. The fourth-order valence-corrected chi connectivity index (χ4v) is 2.24. The van der Waals surface area contributed by atoms with Crippen molar-refractivity contribution in [2.45, 2.75) is 26.3 Å². The van der Waals surface area contributed by atoms with E-state index in [0.717, 1.165) is 24.5 Å². The first-order valence-electron chi connectivity index (χ1n) is 6.30. The molecule has 1 aromatic rings. The van der Waals surface area contributed by atoms with Crippen molar-refractivity contribution < 1.29 is 4.74 Å². The van der Waals surface area contributed by atoms with Crippen LogP contribution < -0.4 is 10.6 Å². The summed E-state index contributed by atoms with van der Waals surface area (Å²) in [5, 5.41) is 7.67. The van der Waals surface area contributed by atoms with Gasteiger partial charge in [0.15, 0.2) is 0 Å². The maximum atomic E-state index is 7.67. The summed E-state index contributed by atoms with van der Waals surface area (Å²) in [5.74, 6) is 0.886. The van der Waals surface area contributed by atoms with Crippen LogP contribution in [-0.4, -0.2) is 36.6 Å². The van der Waals surface area contributed by atoms with Gasteiger partial charge >= 0.3 is 0 Å². The van der Waals surface area contributed by atoms with Gasteiger partial charge in [0.1, 0.15) is 11.7 Å².